The van der Waals surface area contributed by atoms with Crippen molar-refractivity contribution in [3.05, 3.63) is 65.4 Å². The van der Waals surface area contributed by atoms with Crippen molar-refractivity contribution in [2.24, 2.45) is 7.05 Å². The van der Waals surface area contributed by atoms with Gasteiger partial charge < -0.3 is 5.32 Å². The Morgan fingerprint density at radius 3 is 2.88 bits per heavy atom. The summed E-state index contributed by atoms with van der Waals surface area (Å²) >= 11 is 0. The monoisotopic (exact) mass is 333 g/mol. The van der Waals surface area contributed by atoms with Gasteiger partial charge in [-0.3, -0.25) is 14.6 Å². The second kappa shape index (κ2) is 6.76. The third-order valence-corrected chi connectivity index (χ3v) is 4.94. The molecule has 0 radical (unpaired) electrons. The van der Waals surface area contributed by atoms with Crippen LogP contribution in [0.4, 0.5) is 0 Å². The Kier molecular flexibility index (Phi) is 4.32. The van der Waals surface area contributed by atoms with Gasteiger partial charge in [0.25, 0.3) is 0 Å². The zero-order valence-electron chi connectivity index (χ0n) is 14.7. The summed E-state index contributed by atoms with van der Waals surface area (Å²) in [6.45, 7) is 2.83. The predicted molar refractivity (Wildman–Crippen MR) is 97.9 cm³/mol. The molecule has 0 bridgehead atoms. The van der Waals surface area contributed by atoms with Crippen molar-refractivity contribution in [1.29, 1.82) is 0 Å². The highest BCUT2D eigenvalue weighted by Gasteiger charge is 2.20. The standard InChI is InChI=1S/C20H23N5/c1-14-11-24-25(2)20(14)16-8-9-17(22-12-16)13-23-18-7-3-5-15-6-4-10-21-19(15)18/h4,6,8-12,18,23H,3,5,7,13H2,1-2H3/t18-/m1/s1. The Bertz CT molecular complexity index is 847. The van der Waals surface area contributed by atoms with E-state index in [1.165, 1.54) is 23.2 Å². The first-order valence-corrected chi connectivity index (χ1v) is 8.83. The highest BCUT2D eigenvalue weighted by molar-refractivity contribution is 5.61. The minimum atomic E-state index is 0.325. The molecule has 3 heterocycles. The van der Waals surface area contributed by atoms with Crippen LogP contribution in [-0.2, 0) is 20.0 Å². The fraction of sp³-hybridized carbons (Fsp3) is 0.350. The summed E-state index contributed by atoms with van der Waals surface area (Å²) < 4.78 is 1.90. The van der Waals surface area contributed by atoms with Crippen molar-refractivity contribution >= 4 is 0 Å². The molecule has 0 saturated heterocycles. The molecule has 5 nitrogen and oxygen atoms in total. The second-order valence-corrected chi connectivity index (χ2v) is 6.71. The van der Waals surface area contributed by atoms with Gasteiger partial charge in [0.15, 0.2) is 0 Å². The average molecular weight is 333 g/mol. The lowest BCUT2D eigenvalue weighted by Gasteiger charge is -2.25. The topological polar surface area (TPSA) is 55.6 Å². The number of pyridine rings is 2. The summed E-state index contributed by atoms with van der Waals surface area (Å²) in [4.78, 5) is 9.22. The zero-order chi connectivity index (χ0) is 17.2. The van der Waals surface area contributed by atoms with Crippen molar-refractivity contribution in [2.45, 2.75) is 38.8 Å². The number of fused-ring (bicyclic) bond motifs is 1. The van der Waals surface area contributed by atoms with Gasteiger partial charge >= 0.3 is 0 Å². The summed E-state index contributed by atoms with van der Waals surface area (Å²) in [6, 6.07) is 8.77. The Labute approximate surface area is 148 Å². The van der Waals surface area contributed by atoms with E-state index in [4.69, 9.17) is 0 Å². The van der Waals surface area contributed by atoms with Gasteiger partial charge in [0.2, 0.25) is 0 Å². The van der Waals surface area contributed by atoms with E-state index in [0.717, 1.165) is 36.3 Å². The molecule has 0 aliphatic heterocycles. The van der Waals surface area contributed by atoms with Gasteiger partial charge in [0, 0.05) is 31.5 Å². The molecule has 1 aliphatic carbocycles. The minimum Gasteiger partial charge on any atom is -0.303 e. The number of hydrogen-bond acceptors (Lipinski definition) is 4. The highest BCUT2D eigenvalue weighted by Crippen LogP contribution is 2.28. The largest absolute Gasteiger partial charge is 0.303 e. The molecule has 5 heteroatoms. The van der Waals surface area contributed by atoms with E-state index in [1.807, 2.05) is 36.4 Å². The number of hydrogen-bond donors (Lipinski definition) is 1. The van der Waals surface area contributed by atoms with E-state index in [1.54, 1.807) is 0 Å². The van der Waals surface area contributed by atoms with Crippen molar-refractivity contribution < 1.29 is 0 Å². The number of aryl methyl sites for hydroxylation is 3. The smallest absolute Gasteiger partial charge is 0.0723 e. The van der Waals surface area contributed by atoms with Crippen LogP contribution in [0.1, 0.15) is 41.4 Å². The van der Waals surface area contributed by atoms with Gasteiger partial charge in [0.1, 0.15) is 0 Å². The second-order valence-electron chi connectivity index (χ2n) is 6.71. The molecule has 1 N–H and O–H groups in total. The predicted octanol–water partition coefficient (Wildman–Crippen LogP) is 3.35. The molecule has 0 saturated carbocycles. The number of rotatable bonds is 4. The lowest BCUT2D eigenvalue weighted by atomic mass is 9.92. The summed E-state index contributed by atoms with van der Waals surface area (Å²) in [6.07, 6.45) is 9.20. The van der Waals surface area contributed by atoms with Crippen LogP contribution in [0.5, 0.6) is 0 Å². The molecule has 0 spiro atoms. The van der Waals surface area contributed by atoms with Gasteiger partial charge in [0.05, 0.1) is 29.3 Å². The van der Waals surface area contributed by atoms with Crippen LogP contribution in [0.3, 0.4) is 0 Å². The highest BCUT2D eigenvalue weighted by atomic mass is 15.3. The fourth-order valence-electron chi connectivity index (χ4n) is 3.67. The molecule has 1 aliphatic rings. The van der Waals surface area contributed by atoms with E-state index in [-0.39, 0.29) is 0 Å². The molecule has 3 aromatic heterocycles. The summed E-state index contributed by atoms with van der Waals surface area (Å²) in [7, 11) is 1.96. The molecule has 1 atom stereocenters. The third-order valence-electron chi connectivity index (χ3n) is 4.94. The first kappa shape index (κ1) is 16.0. The van der Waals surface area contributed by atoms with Gasteiger partial charge in [-0.25, -0.2) is 0 Å². The van der Waals surface area contributed by atoms with Crippen LogP contribution in [-0.4, -0.2) is 19.7 Å². The molecule has 3 aromatic rings. The Balaban J connectivity index is 1.46. The lowest BCUT2D eigenvalue weighted by Crippen LogP contribution is -2.26. The molecule has 0 fully saturated rings. The minimum absolute atomic E-state index is 0.325. The molecule has 0 unspecified atom stereocenters. The maximum Gasteiger partial charge on any atom is 0.0723 e. The Morgan fingerprint density at radius 1 is 1.20 bits per heavy atom. The molecule has 4 rings (SSSR count). The van der Waals surface area contributed by atoms with Crippen LogP contribution >= 0.6 is 0 Å². The first-order valence-electron chi connectivity index (χ1n) is 8.83. The first-order chi connectivity index (χ1) is 12.2. The van der Waals surface area contributed by atoms with Crippen LogP contribution in [0, 0.1) is 6.92 Å². The van der Waals surface area contributed by atoms with Crippen molar-refractivity contribution in [3.8, 4) is 11.3 Å². The van der Waals surface area contributed by atoms with Crippen molar-refractivity contribution in [2.75, 3.05) is 0 Å². The number of nitrogens with zero attached hydrogens (tertiary/aromatic N) is 4. The van der Waals surface area contributed by atoms with Crippen LogP contribution < -0.4 is 5.32 Å². The van der Waals surface area contributed by atoms with Crippen LogP contribution in [0.15, 0.2) is 42.9 Å². The van der Waals surface area contributed by atoms with E-state index < -0.39 is 0 Å². The van der Waals surface area contributed by atoms with E-state index in [0.29, 0.717) is 6.04 Å². The number of nitrogens with one attached hydrogen (secondary N) is 1. The molecule has 128 valence electrons. The Hall–Kier alpha value is -2.53. The van der Waals surface area contributed by atoms with Gasteiger partial charge in [-0.15, -0.1) is 0 Å². The van der Waals surface area contributed by atoms with Crippen LogP contribution in [0.2, 0.25) is 0 Å². The third kappa shape index (κ3) is 3.20. The van der Waals surface area contributed by atoms with Gasteiger partial charge in [-0.05, 0) is 55.5 Å². The zero-order valence-corrected chi connectivity index (χ0v) is 14.7. The molecule has 0 amide bonds. The SMILES string of the molecule is Cc1cnn(C)c1-c1ccc(CN[C@@H]2CCCc3cccnc32)nc1. The molecule has 25 heavy (non-hydrogen) atoms. The van der Waals surface area contributed by atoms with E-state index in [2.05, 4.69) is 45.5 Å². The van der Waals surface area contributed by atoms with Crippen LogP contribution in [0.25, 0.3) is 11.3 Å². The van der Waals surface area contributed by atoms with Gasteiger partial charge in [-0.1, -0.05) is 6.07 Å². The number of aromatic nitrogens is 4. The Morgan fingerprint density at radius 2 is 2.12 bits per heavy atom. The fourth-order valence-corrected chi connectivity index (χ4v) is 3.67. The van der Waals surface area contributed by atoms with Crippen molar-refractivity contribution in [1.82, 2.24) is 25.1 Å². The summed E-state index contributed by atoms with van der Waals surface area (Å²) in [5.74, 6) is 0. The average Bonchev–Trinajstić information content (AvgIpc) is 2.99. The molecule has 0 aromatic carbocycles. The van der Waals surface area contributed by atoms with Crippen molar-refractivity contribution in [3.63, 3.8) is 0 Å². The summed E-state index contributed by atoms with van der Waals surface area (Å²) in [5.41, 5.74) is 7.02. The van der Waals surface area contributed by atoms with Gasteiger partial charge in [-0.2, -0.15) is 5.10 Å². The lowest BCUT2D eigenvalue weighted by molar-refractivity contribution is 0.445. The van der Waals surface area contributed by atoms with E-state index >= 15 is 0 Å². The normalized spacial score (nSPS) is 16.6. The summed E-state index contributed by atoms with van der Waals surface area (Å²) in [5, 5.41) is 7.93. The maximum absolute atomic E-state index is 4.63. The molecular formula is C20H23N5. The maximum atomic E-state index is 4.63. The quantitative estimate of drug-likeness (QED) is 0.795. The van der Waals surface area contributed by atoms with E-state index in [9.17, 15) is 0 Å². The molecular weight excluding hydrogens is 310 g/mol.